The van der Waals surface area contributed by atoms with Gasteiger partial charge in [-0.1, -0.05) is 20.8 Å². The zero-order valence-corrected chi connectivity index (χ0v) is 10.0. The van der Waals surface area contributed by atoms with E-state index in [0.29, 0.717) is 18.2 Å². The van der Waals surface area contributed by atoms with Crippen LogP contribution < -0.4 is 5.32 Å². The lowest BCUT2D eigenvalue weighted by Gasteiger charge is -2.38. The molecule has 1 rings (SSSR count). The Bertz CT molecular complexity index is 152. The van der Waals surface area contributed by atoms with Crippen LogP contribution in [0.3, 0.4) is 0 Å². The number of nitrogens with one attached hydrogen (secondary N) is 1. The summed E-state index contributed by atoms with van der Waals surface area (Å²) in [6.07, 6.45) is 4.17. The molecule has 0 aliphatic heterocycles. The van der Waals surface area contributed by atoms with Crippen molar-refractivity contribution in [3.05, 3.63) is 0 Å². The van der Waals surface area contributed by atoms with Gasteiger partial charge in [0.2, 0.25) is 0 Å². The van der Waals surface area contributed by atoms with Crippen molar-refractivity contribution in [3.8, 4) is 0 Å². The SMILES string of the molecule is CCOC1CC(NC(CC)C(C)C)C1. The molecule has 14 heavy (non-hydrogen) atoms. The average molecular weight is 199 g/mol. The Morgan fingerprint density at radius 2 is 1.93 bits per heavy atom. The molecule has 0 amide bonds. The summed E-state index contributed by atoms with van der Waals surface area (Å²) in [5, 5.41) is 3.71. The highest BCUT2D eigenvalue weighted by molar-refractivity contribution is 4.88. The Balaban J connectivity index is 2.14. The van der Waals surface area contributed by atoms with Gasteiger partial charge in [0.25, 0.3) is 0 Å². The maximum Gasteiger partial charge on any atom is 0.0604 e. The minimum Gasteiger partial charge on any atom is -0.378 e. The first kappa shape index (κ1) is 12.0. The summed E-state index contributed by atoms with van der Waals surface area (Å²) in [7, 11) is 0. The highest BCUT2D eigenvalue weighted by Gasteiger charge is 2.31. The third-order valence-corrected chi connectivity index (χ3v) is 3.19. The van der Waals surface area contributed by atoms with Crippen LogP contribution in [-0.2, 0) is 4.74 Å². The Morgan fingerprint density at radius 3 is 2.36 bits per heavy atom. The van der Waals surface area contributed by atoms with Gasteiger partial charge in [-0.15, -0.1) is 0 Å². The first-order valence-electron chi connectivity index (χ1n) is 6.05. The lowest BCUT2D eigenvalue weighted by molar-refractivity contribution is -0.0138. The molecule has 2 heteroatoms. The molecule has 0 aromatic heterocycles. The standard InChI is InChI=1S/C12H25NO/c1-5-12(9(3)4)13-10-7-11(8-10)14-6-2/h9-13H,5-8H2,1-4H3. The van der Waals surface area contributed by atoms with Crippen LogP contribution in [0.2, 0.25) is 0 Å². The van der Waals surface area contributed by atoms with E-state index in [1.807, 2.05) is 0 Å². The van der Waals surface area contributed by atoms with Crippen LogP contribution in [-0.4, -0.2) is 24.8 Å². The number of ether oxygens (including phenoxy) is 1. The van der Waals surface area contributed by atoms with Crippen LogP contribution in [0.25, 0.3) is 0 Å². The van der Waals surface area contributed by atoms with Crippen molar-refractivity contribution in [2.24, 2.45) is 5.92 Å². The predicted octanol–water partition coefficient (Wildman–Crippen LogP) is 2.58. The van der Waals surface area contributed by atoms with Gasteiger partial charge >= 0.3 is 0 Å². The average Bonchev–Trinajstić information content (AvgIpc) is 2.08. The molecule has 0 bridgehead atoms. The van der Waals surface area contributed by atoms with Gasteiger partial charge in [-0.2, -0.15) is 0 Å². The highest BCUT2D eigenvalue weighted by atomic mass is 16.5. The quantitative estimate of drug-likeness (QED) is 0.710. The molecule has 1 fully saturated rings. The molecule has 84 valence electrons. The van der Waals surface area contributed by atoms with E-state index >= 15 is 0 Å². The van der Waals surface area contributed by atoms with Gasteiger partial charge in [0.05, 0.1) is 6.10 Å². The van der Waals surface area contributed by atoms with E-state index in [-0.39, 0.29) is 0 Å². The molecular weight excluding hydrogens is 174 g/mol. The molecule has 1 aliphatic carbocycles. The predicted molar refractivity (Wildman–Crippen MR) is 60.5 cm³/mol. The summed E-state index contributed by atoms with van der Waals surface area (Å²) in [5.41, 5.74) is 0. The van der Waals surface area contributed by atoms with E-state index in [4.69, 9.17) is 4.74 Å². The fourth-order valence-corrected chi connectivity index (χ4v) is 2.16. The zero-order valence-electron chi connectivity index (χ0n) is 10.0. The molecule has 0 aromatic carbocycles. The van der Waals surface area contributed by atoms with E-state index in [1.54, 1.807) is 0 Å². The van der Waals surface area contributed by atoms with Crippen LogP contribution in [0.1, 0.15) is 47.0 Å². The van der Waals surface area contributed by atoms with Crippen LogP contribution in [0.5, 0.6) is 0 Å². The van der Waals surface area contributed by atoms with Crippen molar-refractivity contribution in [2.45, 2.75) is 65.1 Å². The lowest BCUT2D eigenvalue weighted by atomic mass is 9.87. The first-order valence-corrected chi connectivity index (χ1v) is 6.05. The van der Waals surface area contributed by atoms with E-state index in [0.717, 1.165) is 12.5 Å². The van der Waals surface area contributed by atoms with E-state index < -0.39 is 0 Å². The Morgan fingerprint density at radius 1 is 1.29 bits per heavy atom. The van der Waals surface area contributed by atoms with E-state index in [9.17, 15) is 0 Å². The van der Waals surface area contributed by atoms with Gasteiger partial charge in [-0.05, 0) is 32.1 Å². The third-order valence-electron chi connectivity index (χ3n) is 3.19. The Kier molecular flexibility index (Phi) is 4.90. The number of hydrogen-bond acceptors (Lipinski definition) is 2. The van der Waals surface area contributed by atoms with Crippen molar-refractivity contribution in [3.63, 3.8) is 0 Å². The molecule has 0 radical (unpaired) electrons. The fraction of sp³-hybridized carbons (Fsp3) is 1.00. The smallest absolute Gasteiger partial charge is 0.0604 e. The van der Waals surface area contributed by atoms with Gasteiger partial charge in [0.1, 0.15) is 0 Å². The Hall–Kier alpha value is -0.0800. The molecule has 0 heterocycles. The maximum absolute atomic E-state index is 5.54. The number of hydrogen-bond donors (Lipinski definition) is 1. The minimum absolute atomic E-state index is 0.530. The molecule has 0 spiro atoms. The topological polar surface area (TPSA) is 21.3 Å². The molecule has 1 unspecified atom stereocenters. The van der Waals surface area contributed by atoms with Crippen LogP contribution in [0, 0.1) is 5.92 Å². The number of rotatable bonds is 6. The van der Waals surface area contributed by atoms with Gasteiger partial charge in [-0.3, -0.25) is 0 Å². The molecule has 1 N–H and O–H groups in total. The van der Waals surface area contributed by atoms with E-state index in [1.165, 1.54) is 19.3 Å². The van der Waals surface area contributed by atoms with Crippen molar-refractivity contribution < 1.29 is 4.74 Å². The van der Waals surface area contributed by atoms with Crippen LogP contribution in [0.4, 0.5) is 0 Å². The first-order chi connectivity index (χ1) is 6.67. The van der Waals surface area contributed by atoms with Crippen molar-refractivity contribution >= 4 is 0 Å². The normalized spacial score (nSPS) is 28.9. The van der Waals surface area contributed by atoms with Crippen molar-refractivity contribution in [1.29, 1.82) is 0 Å². The van der Waals surface area contributed by atoms with Crippen LogP contribution in [0.15, 0.2) is 0 Å². The van der Waals surface area contributed by atoms with Gasteiger partial charge in [0.15, 0.2) is 0 Å². The second-order valence-corrected chi connectivity index (χ2v) is 4.67. The second-order valence-electron chi connectivity index (χ2n) is 4.67. The maximum atomic E-state index is 5.54. The molecule has 2 nitrogen and oxygen atoms in total. The molecular formula is C12H25NO. The van der Waals surface area contributed by atoms with Crippen molar-refractivity contribution in [2.75, 3.05) is 6.61 Å². The van der Waals surface area contributed by atoms with Gasteiger partial charge in [0, 0.05) is 18.7 Å². The minimum atomic E-state index is 0.530. The summed E-state index contributed by atoms with van der Waals surface area (Å²) < 4.78 is 5.54. The second kappa shape index (κ2) is 5.72. The molecule has 0 saturated heterocycles. The third kappa shape index (κ3) is 3.25. The van der Waals surface area contributed by atoms with Crippen molar-refractivity contribution in [1.82, 2.24) is 5.32 Å². The summed E-state index contributed by atoms with van der Waals surface area (Å²) >= 11 is 0. The molecule has 1 atom stereocenters. The fourth-order valence-electron chi connectivity index (χ4n) is 2.16. The highest BCUT2D eigenvalue weighted by Crippen LogP contribution is 2.24. The lowest BCUT2D eigenvalue weighted by Crippen LogP contribution is -2.50. The summed E-state index contributed by atoms with van der Waals surface area (Å²) in [6.45, 7) is 9.78. The molecule has 0 aromatic rings. The van der Waals surface area contributed by atoms with Crippen LogP contribution >= 0.6 is 0 Å². The Labute approximate surface area is 88.4 Å². The van der Waals surface area contributed by atoms with E-state index in [2.05, 4.69) is 33.0 Å². The monoisotopic (exact) mass is 199 g/mol. The van der Waals surface area contributed by atoms with Gasteiger partial charge < -0.3 is 10.1 Å². The molecule has 1 aliphatic rings. The summed E-state index contributed by atoms with van der Waals surface area (Å²) in [6, 6.07) is 1.39. The molecule has 1 saturated carbocycles. The summed E-state index contributed by atoms with van der Waals surface area (Å²) in [5.74, 6) is 0.742. The summed E-state index contributed by atoms with van der Waals surface area (Å²) in [4.78, 5) is 0. The zero-order chi connectivity index (χ0) is 10.6. The largest absolute Gasteiger partial charge is 0.378 e. The van der Waals surface area contributed by atoms with Gasteiger partial charge in [-0.25, -0.2) is 0 Å².